The van der Waals surface area contributed by atoms with Gasteiger partial charge in [0.1, 0.15) is 0 Å². The predicted molar refractivity (Wildman–Crippen MR) is 111 cm³/mol. The number of carbonyl (C=O) groups excluding carboxylic acids is 1. The first-order valence-electron chi connectivity index (χ1n) is 9.47. The summed E-state index contributed by atoms with van der Waals surface area (Å²) >= 11 is 0. The van der Waals surface area contributed by atoms with E-state index in [-0.39, 0.29) is 40.7 Å². The fourth-order valence-electron chi connectivity index (χ4n) is 3.49. The lowest BCUT2D eigenvalue weighted by Crippen LogP contribution is -2.45. The van der Waals surface area contributed by atoms with E-state index in [1.54, 1.807) is 30.1 Å². The van der Waals surface area contributed by atoms with Crippen molar-refractivity contribution in [2.45, 2.75) is 56.4 Å². The summed E-state index contributed by atoms with van der Waals surface area (Å²) in [7, 11) is -2.08. The summed E-state index contributed by atoms with van der Waals surface area (Å²) in [4.78, 5) is 14.4. The van der Waals surface area contributed by atoms with Crippen molar-refractivity contribution in [2.24, 2.45) is 11.7 Å². The van der Waals surface area contributed by atoms with Crippen molar-refractivity contribution in [1.29, 1.82) is 0 Å². The summed E-state index contributed by atoms with van der Waals surface area (Å²) in [5.74, 6) is -0.118. The zero-order valence-corrected chi connectivity index (χ0v) is 17.8. The molecule has 154 valence electrons. The van der Waals surface area contributed by atoms with E-state index < -0.39 is 10.0 Å². The molecule has 0 aromatic heterocycles. The summed E-state index contributed by atoms with van der Waals surface area (Å²) < 4.78 is 28.8. The molecule has 2 rings (SSSR count). The van der Waals surface area contributed by atoms with E-state index in [2.05, 4.69) is 11.6 Å². The van der Waals surface area contributed by atoms with Gasteiger partial charge in [-0.05, 0) is 43.9 Å². The molecule has 1 aliphatic rings. The van der Waals surface area contributed by atoms with Crippen LogP contribution < -0.4 is 10.5 Å². The number of nitrogens with one attached hydrogen (secondary N) is 1. The Morgan fingerprint density at radius 1 is 1.26 bits per heavy atom. The minimum atomic E-state index is -3.79. The Kier molecular flexibility index (Phi) is 9.73. The van der Waals surface area contributed by atoms with E-state index in [9.17, 15) is 13.2 Å². The Labute approximate surface area is 169 Å². The Hall–Kier alpha value is -1.15. The van der Waals surface area contributed by atoms with Crippen molar-refractivity contribution in [2.75, 3.05) is 20.1 Å². The van der Waals surface area contributed by atoms with Crippen LogP contribution >= 0.6 is 12.4 Å². The molecule has 3 N–H and O–H groups in total. The van der Waals surface area contributed by atoms with Crippen LogP contribution in [0.1, 0.15) is 55.8 Å². The fourth-order valence-corrected chi connectivity index (χ4v) is 5.03. The molecule has 1 aromatic rings. The topological polar surface area (TPSA) is 92.5 Å². The van der Waals surface area contributed by atoms with Crippen molar-refractivity contribution in [1.82, 2.24) is 9.62 Å². The van der Waals surface area contributed by atoms with Gasteiger partial charge in [0.05, 0.1) is 10.5 Å². The van der Waals surface area contributed by atoms with E-state index in [4.69, 9.17) is 5.73 Å². The van der Waals surface area contributed by atoms with Gasteiger partial charge in [-0.25, -0.2) is 13.1 Å². The van der Waals surface area contributed by atoms with E-state index in [0.717, 1.165) is 38.5 Å². The summed E-state index contributed by atoms with van der Waals surface area (Å²) in [5.41, 5.74) is 6.04. The van der Waals surface area contributed by atoms with Crippen LogP contribution in [0.3, 0.4) is 0 Å². The van der Waals surface area contributed by atoms with Crippen LogP contribution in [0.15, 0.2) is 29.2 Å². The molecule has 1 fully saturated rings. The van der Waals surface area contributed by atoms with Gasteiger partial charge in [0.25, 0.3) is 5.91 Å². The van der Waals surface area contributed by atoms with Crippen LogP contribution in [0.2, 0.25) is 0 Å². The molecule has 2 atom stereocenters. The van der Waals surface area contributed by atoms with Gasteiger partial charge in [-0.1, -0.05) is 38.3 Å². The predicted octanol–water partition coefficient (Wildman–Crippen LogP) is 2.78. The second-order valence-corrected chi connectivity index (χ2v) is 8.77. The number of benzene rings is 1. The highest BCUT2D eigenvalue weighted by molar-refractivity contribution is 7.89. The number of rotatable bonds is 8. The van der Waals surface area contributed by atoms with Gasteiger partial charge in [-0.3, -0.25) is 4.79 Å². The third-order valence-electron chi connectivity index (χ3n) is 5.12. The molecule has 0 saturated heterocycles. The number of carbonyl (C=O) groups is 1. The number of unbranched alkanes of at least 4 members (excludes halogenated alkanes) is 1. The number of amides is 1. The normalized spacial score (nSPS) is 20.0. The second-order valence-electron chi connectivity index (χ2n) is 7.08. The van der Waals surface area contributed by atoms with E-state index in [1.807, 2.05) is 0 Å². The maximum absolute atomic E-state index is 13.0. The Morgan fingerprint density at radius 2 is 1.93 bits per heavy atom. The number of hydrogen-bond acceptors (Lipinski definition) is 4. The maximum atomic E-state index is 13.0. The molecule has 1 aliphatic carbocycles. The lowest BCUT2D eigenvalue weighted by molar-refractivity contribution is 0.0789. The Bertz CT molecular complexity index is 712. The molecule has 27 heavy (non-hydrogen) atoms. The summed E-state index contributed by atoms with van der Waals surface area (Å²) in [6.07, 6.45) is 5.65. The molecule has 1 saturated carbocycles. The average Bonchev–Trinajstić information content (AvgIpc) is 2.65. The highest BCUT2D eigenvalue weighted by atomic mass is 35.5. The third-order valence-corrected chi connectivity index (χ3v) is 6.67. The summed E-state index contributed by atoms with van der Waals surface area (Å²) in [5, 5.41) is 0. The van der Waals surface area contributed by atoms with Gasteiger partial charge in [-0.15, -0.1) is 12.4 Å². The lowest BCUT2D eigenvalue weighted by Gasteiger charge is -2.31. The smallest absolute Gasteiger partial charge is 0.254 e. The Balaban J connectivity index is 0.00000364. The average molecular weight is 418 g/mol. The molecule has 0 bridgehead atoms. The maximum Gasteiger partial charge on any atom is 0.254 e. The first-order valence-corrected chi connectivity index (χ1v) is 11.0. The largest absolute Gasteiger partial charge is 0.342 e. The standard InChI is InChI=1S/C19H31N3O3S.ClH/c1-3-4-13-22(2)19(23)16-10-6-8-12-18(16)26(24,25)21-17-11-7-5-9-15(17)14-20;/h6,8,10,12,15,17,21H,3-5,7,9,11,13-14,20H2,1-2H3;1H. The second kappa shape index (κ2) is 11.0. The fraction of sp³-hybridized carbons (Fsp3) is 0.632. The summed E-state index contributed by atoms with van der Waals surface area (Å²) in [6.45, 7) is 3.13. The number of hydrogen-bond donors (Lipinski definition) is 2. The molecule has 6 nitrogen and oxygen atoms in total. The van der Waals surface area contributed by atoms with Crippen LogP contribution in [-0.4, -0.2) is 45.4 Å². The van der Waals surface area contributed by atoms with Crippen LogP contribution in [0.5, 0.6) is 0 Å². The zero-order chi connectivity index (χ0) is 19.2. The zero-order valence-electron chi connectivity index (χ0n) is 16.2. The van der Waals surface area contributed by atoms with Crippen LogP contribution in [0.4, 0.5) is 0 Å². The molecule has 1 amide bonds. The molecular formula is C19H32ClN3O3S. The van der Waals surface area contributed by atoms with E-state index in [0.29, 0.717) is 13.1 Å². The molecule has 0 aliphatic heterocycles. The molecular weight excluding hydrogens is 386 g/mol. The number of nitrogens with two attached hydrogens (primary N) is 1. The SMILES string of the molecule is CCCCN(C)C(=O)c1ccccc1S(=O)(=O)NC1CCCCC1CN.Cl. The van der Waals surface area contributed by atoms with Crippen molar-refractivity contribution in [3.05, 3.63) is 29.8 Å². The van der Waals surface area contributed by atoms with Gasteiger partial charge in [-0.2, -0.15) is 0 Å². The van der Waals surface area contributed by atoms with E-state index >= 15 is 0 Å². The quantitative estimate of drug-likeness (QED) is 0.680. The number of nitrogens with zero attached hydrogens (tertiary/aromatic N) is 1. The van der Waals surface area contributed by atoms with Gasteiger partial charge < -0.3 is 10.6 Å². The summed E-state index contributed by atoms with van der Waals surface area (Å²) in [6, 6.07) is 6.27. The molecule has 0 spiro atoms. The minimum absolute atomic E-state index is 0. The van der Waals surface area contributed by atoms with E-state index in [1.165, 1.54) is 6.07 Å². The molecule has 2 unspecified atom stereocenters. The number of halogens is 1. The molecule has 0 radical (unpaired) electrons. The van der Waals surface area contributed by atoms with Crippen molar-refractivity contribution >= 4 is 28.3 Å². The third kappa shape index (κ3) is 6.17. The van der Waals surface area contributed by atoms with Crippen molar-refractivity contribution in [3.8, 4) is 0 Å². The van der Waals surface area contributed by atoms with Crippen molar-refractivity contribution in [3.63, 3.8) is 0 Å². The monoisotopic (exact) mass is 417 g/mol. The first kappa shape index (κ1) is 23.9. The molecule has 1 aromatic carbocycles. The van der Waals surface area contributed by atoms with Crippen LogP contribution in [-0.2, 0) is 10.0 Å². The van der Waals surface area contributed by atoms with Gasteiger partial charge in [0, 0.05) is 19.6 Å². The van der Waals surface area contributed by atoms with Crippen LogP contribution in [0, 0.1) is 5.92 Å². The highest BCUT2D eigenvalue weighted by Crippen LogP contribution is 2.26. The Morgan fingerprint density at radius 3 is 2.59 bits per heavy atom. The van der Waals surface area contributed by atoms with Crippen molar-refractivity contribution < 1.29 is 13.2 Å². The van der Waals surface area contributed by atoms with Gasteiger partial charge in [0.15, 0.2) is 0 Å². The van der Waals surface area contributed by atoms with Crippen LogP contribution in [0.25, 0.3) is 0 Å². The molecule has 0 heterocycles. The first-order chi connectivity index (χ1) is 12.4. The minimum Gasteiger partial charge on any atom is -0.342 e. The highest BCUT2D eigenvalue weighted by Gasteiger charge is 2.31. The number of sulfonamides is 1. The lowest BCUT2D eigenvalue weighted by atomic mass is 9.85. The van der Waals surface area contributed by atoms with Gasteiger partial charge >= 0.3 is 0 Å². The van der Waals surface area contributed by atoms with Gasteiger partial charge in [0.2, 0.25) is 10.0 Å². The molecule has 8 heteroatoms.